The van der Waals surface area contributed by atoms with Crippen LogP contribution in [0.4, 0.5) is 0 Å². The lowest BCUT2D eigenvalue weighted by atomic mass is 10.1. The van der Waals surface area contributed by atoms with Crippen molar-refractivity contribution in [3.8, 4) is 17.1 Å². The average Bonchev–Trinajstić information content (AvgIpc) is 2.97. The quantitative estimate of drug-likeness (QED) is 0.567. The van der Waals surface area contributed by atoms with E-state index in [1.54, 1.807) is 17.8 Å². The van der Waals surface area contributed by atoms with Crippen molar-refractivity contribution in [2.75, 3.05) is 0 Å². The second-order valence-electron chi connectivity index (χ2n) is 6.05. The smallest absolute Gasteiger partial charge is 0.325 e. The highest BCUT2D eigenvalue weighted by Crippen LogP contribution is 2.29. The summed E-state index contributed by atoms with van der Waals surface area (Å²) in [6.07, 6.45) is 1.08. The molecule has 3 aromatic heterocycles. The summed E-state index contributed by atoms with van der Waals surface area (Å²) in [4.78, 5) is 27.9. The van der Waals surface area contributed by atoms with Crippen molar-refractivity contribution in [2.45, 2.75) is 13.0 Å². The number of aromatic nitrogens is 6. The van der Waals surface area contributed by atoms with E-state index in [0.29, 0.717) is 22.6 Å². The van der Waals surface area contributed by atoms with Gasteiger partial charge in [0.1, 0.15) is 11.8 Å². The van der Waals surface area contributed by atoms with E-state index in [2.05, 4.69) is 25.3 Å². The van der Waals surface area contributed by atoms with Crippen LogP contribution in [0.2, 0.25) is 0 Å². The van der Waals surface area contributed by atoms with Crippen molar-refractivity contribution < 1.29 is 4.74 Å². The Morgan fingerprint density at radius 3 is 2.67 bits per heavy atom. The summed E-state index contributed by atoms with van der Waals surface area (Å²) >= 11 is 0. The summed E-state index contributed by atoms with van der Waals surface area (Å²) in [5.41, 5.74) is 0.918. The van der Waals surface area contributed by atoms with Crippen molar-refractivity contribution in [3.63, 3.8) is 0 Å². The number of nitrogens with zero attached hydrogens (tertiary/aromatic N) is 4. The summed E-state index contributed by atoms with van der Waals surface area (Å²) in [6.45, 7) is 1.93. The number of hydrogen-bond acceptors (Lipinski definition) is 6. The molecule has 0 saturated heterocycles. The molecule has 4 rings (SSSR count). The Balaban J connectivity index is 1.78. The Bertz CT molecular complexity index is 1230. The van der Waals surface area contributed by atoms with Crippen molar-refractivity contribution in [3.05, 3.63) is 69.0 Å². The molecule has 0 amide bonds. The number of aromatic amines is 2. The molecule has 27 heavy (non-hydrogen) atoms. The predicted molar refractivity (Wildman–Crippen MR) is 98.5 cm³/mol. The van der Waals surface area contributed by atoms with Gasteiger partial charge in [0.2, 0.25) is 5.88 Å². The van der Waals surface area contributed by atoms with Crippen molar-refractivity contribution in [1.29, 1.82) is 0 Å². The summed E-state index contributed by atoms with van der Waals surface area (Å²) in [7, 11) is 1.74. The number of aryl methyl sites for hydroxylation is 1. The molecular weight excluding hydrogens is 348 g/mol. The van der Waals surface area contributed by atoms with Crippen LogP contribution < -0.4 is 16.0 Å². The van der Waals surface area contributed by atoms with E-state index in [0.717, 1.165) is 5.56 Å². The average molecular weight is 364 g/mol. The number of nitrogens with one attached hydrogen (secondary N) is 2. The molecule has 0 aliphatic rings. The highest BCUT2D eigenvalue weighted by molar-refractivity contribution is 5.84. The first-order valence-corrected chi connectivity index (χ1v) is 8.27. The number of rotatable bonds is 4. The molecule has 4 aromatic rings. The molecule has 0 unspecified atom stereocenters. The van der Waals surface area contributed by atoms with E-state index in [1.807, 2.05) is 37.3 Å². The van der Waals surface area contributed by atoms with Crippen molar-refractivity contribution in [2.24, 2.45) is 7.05 Å². The Labute approximate surface area is 152 Å². The van der Waals surface area contributed by atoms with E-state index in [4.69, 9.17) is 4.74 Å². The fourth-order valence-electron chi connectivity index (χ4n) is 2.80. The second kappa shape index (κ2) is 6.52. The molecule has 136 valence electrons. The Morgan fingerprint density at radius 1 is 1.15 bits per heavy atom. The van der Waals surface area contributed by atoms with E-state index >= 15 is 0 Å². The third-order valence-electron chi connectivity index (χ3n) is 4.20. The lowest BCUT2D eigenvalue weighted by molar-refractivity contribution is 0.218. The van der Waals surface area contributed by atoms with Gasteiger partial charge in [0.15, 0.2) is 5.65 Å². The first-order chi connectivity index (χ1) is 13.0. The predicted octanol–water partition coefficient (Wildman–Crippen LogP) is 1.55. The molecule has 2 N–H and O–H groups in total. The minimum absolute atomic E-state index is 0.204. The molecule has 0 aliphatic carbocycles. The largest absolute Gasteiger partial charge is 0.468 e. The fourth-order valence-corrected chi connectivity index (χ4v) is 2.80. The van der Waals surface area contributed by atoms with E-state index in [9.17, 15) is 9.59 Å². The van der Waals surface area contributed by atoms with Gasteiger partial charge < -0.3 is 9.72 Å². The van der Waals surface area contributed by atoms with Crippen LogP contribution >= 0.6 is 0 Å². The Hall–Kier alpha value is -3.75. The summed E-state index contributed by atoms with van der Waals surface area (Å²) < 4.78 is 7.60. The normalized spacial score (nSPS) is 12.2. The number of benzene rings is 1. The molecular formula is C18H16N6O3. The summed E-state index contributed by atoms with van der Waals surface area (Å²) in [5, 5.41) is 13.2. The second-order valence-corrected chi connectivity index (χ2v) is 6.05. The van der Waals surface area contributed by atoms with Crippen molar-refractivity contribution >= 4 is 11.0 Å². The molecule has 3 heterocycles. The van der Waals surface area contributed by atoms with E-state index in [1.165, 1.54) is 6.20 Å². The zero-order valence-electron chi connectivity index (χ0n) is 14.6. The van der Waals surface area contributed by atoms with Gasteiger partial charge in [-0.1, -0.05) is 30.3 Å². The molecule has 0 bridgehead atoms. The highest BCUT2D eigenvalue weighted by Gasteiger charge is 2.17. The molecule has 0 radical (unpaired) electrons. The fraction of sp³-hybridized carbons (Fsp3) is 0.167. The maximum Gasteiger partial charge on any atom is 0.325 e. The standard InChI is InChI=1S/C18H16N6O3/c1-10(11-6-4-3-5-7-11)27-17-12-8-14(21-22-15(12)24(2)23-17)13-9-19-18(26)20-16(13)25/h3-10H,1-2H3,(H2,19,20,25,26)/t10-/m0/s1. The first-order valence-electron chi connectivity index (χ1n) is 8.27. The van der Waals surface area contributed by atoms with E-state index in [-0.39, 0.29) is 11.7 Å². The molecule has 0 saturated carbocycles. The molecule has 1 aromatic carbocycles. The summed E-state index contributed by atoms with van der Waals surface area (Å²) in [6, 6.07) is 11.4. The maximum atomic E-state index is 12.0. The van der Waals surface area contributed by atoms with Gasteiger partial charge >= 0.3 is 5.69 Å². The molecule has 0 spiro atoms. The van der Waals surface area contributed by atoms with Gasteiger partial charge in [0.25, 0.3) is 5.56 Å². The monoisotopic (exact) mass is 364 g/mol. The SMILES string of the molecule is C[C@H](Oc1nn(C)c2nnc(-c3c[nH]c(=O)[nH]c3=O)cc12)c1ccccc1. The van der Waals surface area contributed by atoms with Crippen LogP contribution in [-0.2, 0) is 7.05 Å². The Morgan fingerprint density at radius 2 is 1.93 bits per heavy atom. The third kappa shape index (κ3) is 3.10. The first kappa shape index (κ1) is 16.7. The lowest BCUT2D eigenvalue weighted by Gasteiger charge is -2.13. The van der Waals surface area contributed by atoms with Gasteiger partial charge in [-0.25, -0.2) is 9.48 Å². The van der Waals surface area contributed by atoms with Gasteiger partial charge in [-0.15, -0.1) is 15.3 Å². The summed E-state index contributed by atoms with van der Waals surface area (Å²) in [5.74, 6) is 0.390. The van der Waals surface area contributed by atoms with Crippen molar-refractivity contribution in [1.82, 2.24) is 29.9 Å². The van der Waals surface area contributed by atoms with E-state index < -0.39 is 11.2 Å². The topological polar surface area (TPSA) is 119 Å². The third-order valence-corrected chi connectivity index (χ3v) is 4.20. The zero-order chi connectivity index (χ0) is 19.0. The van der Waals surface area contributed by atoms with Crippen LogP contribution in [0, 0.1) is 0 Å². The molecule has 9 nitrogen and oxygen atoms in total. The van der Waals surface area contributed by atoms with Crippen LogP contribution in [0.3, 0.4) is 0 Å². The zero-order valence-corrected chi connectivity index (χ0v) is 14.6. The minimum atomic E-state index is -0.583. The number of H-pyrrole nitrogens is 2. The highest BCUT2D eigenvalue weighted by atomic mass is 16.5. The maximum absolute atomic E-state index is 12.0. The van der Waals surface area contributed by atoms with Gasteiger partial charge in [-0.3, -0.25) is 9.78 Å². The van der Waals surface area contributed by atoms with Crippen LogP contribution in [0.15, 0.2) is 52.2 Å². The van der Waals surface area contributed by atoms with Crippen LogP contribution in [0.5, 0.6) is 5.88 Å². The molecule has 0 fully saturated rings. The van der Waals surface area contributed by atoms with Gasteiger partial charge in [0, 0.05) is 13.2 Å². The van der Waals surface area contributed by atoms with Crippen LogP contribution in [0.1, 0.15) is 18.6 Å². The minimum Gasteiger partial charge on any atom is -0.468 e. The molecule has 1 atom stereocenters. The Kier molecular flexibility index (Phi) is 4.03. The number of hydrogen-bond donors (Lipinski definition) is 2. The van der Waals surface area contributed by atoms with Crippen LogP contribution in [-0.4, -0.2) is 29.9 Å². The number of fused-ring (bicyclic) bond motifs is 1. The van der Waals surface area contributed by atoms with Crippen LogP contribution in [0.25, 0.3) is 22.3 Å². The lowest BCUT2D eigenvalue weighted by Crippen LogP contribution is -2.22. The van der Waals surface area contributed by atoms with Gasteiger partial charge in [-0.2, -0.15) is 0 Å². The number of ether oxygens (including phenoxy) is 1. The molecule has 9 heteroatoms. The van der Waals surface area contributed by atoms with Gasteiger partial charge in [0.05, 0.1) is 10.9 Å². The molecule has 0 aliphatic heterocycles. The van der Waals surface area contributed by atoms with Gasteiger partial charge in [-0.05, 0) is 18.6 Å².